The van der Waals surface area contributed by atoms with Crippen molar-refractivity contribution in [1.29, 1.82) is 0 Å². The average Bonchev–Trinajstić information content (AvgIpc) is 3.06. The predicted octanol–water partition coefficient (Wildman–Crippen LogP) is 3.65. The number of rotatable bonds is 5. The van der Waals surface area contributed by atoms with Gasteiger partial charge in [0.25, 0.3) is 0 Å². The first-order valence-corrected chi connectivity index (χ1v) is 10.4. The number of sulfonamides is 1. The summed E-state index contributed by atoms with van der Waals surface area (Å²) in [5, 5.41) is 7.83. The van der Waals surface area contributed by atoms with E-state index in [1.807, 2.05) is 0 Å². The second-order valence-corrected chi connectivity index (χ2v) is 8.39. The van der Waals surface area contributed by atoms with Crippen LogP contribution in [0.5, 0.6) is 0 Å². The van der Waals surface area contributed by atoms with Crippen LogP contribution in [-0.4, -0.2) is 20.9 Å². The lowest BCUT2D eigenvalue weighted by Crippen LogP contribution is -2.23. The maximum Gasteiger partial charge on any atom is 0.417 e. The Hall–Kier alpha value is -2.59. The van der Waals surface area contributed by atoms with Crippen LogP contribution < -0.4 is 15.4 Å². The molecule has 1 saturated heterocycles. The summed E-state index contributed by atoms with van der Waals surface area (Å²) in [6, 6.07) is 9.62. The van der Waals surface area contributed by atoms with Gasteiger partial charge in [-0.2, -0.15) is 13.2 Å². The van der Waals surface area contributed by atoms with Crippen molar-refractivity contribution < 1.29 is 26.4 Å². The lowest BCUT2D eigenvalue weighted by molar-refractivity contribution is -0.139. The van der Waals surface area contributed by atoms with Crippen molar-refractivity contribution in [3.8, 4) is 0 Å². The van der Waals surface area contributed by atoms with Gasteiger partial charge in [-0.3, -0.25) is 4.79 Å². The van der Waals surface area contributed by atoms with Crippen molar-refractivity contribution in [1.82, 2.24) is 0 Å². The molecule has 0 spiro atoms. The van der Waals surface area contributed by atoms with Crippen molar-refractivity contribution in [3.63, 3.8) is 0 Å². The van der Waals surface area contributed by atoms with Crippen LogP contribution in [0.25, 0.3) is 0 Å². The molecule has 1 aliphatic rings. The van der Waals surface area contributed by atoms with E-state index in [2.05, 4.69) is 5.32 Å². The number of nitrogens with zero attached hydrogens (tertiary/aromatic N) is 1. The first kappa shape index (κ1) is 21.1. The lowest BCUT2D eigenvalue weighted by atomic mass is 10.1. The first-order chi connectivity index (χ1) is 13.5. The highest BCUT2D eigenvalue weighted by atomic mass is 32.2. The van der Waals surface area contributed by atoms with Gasteiger partial charge in [0, 0.05) is 30.4 Å². The third kappa shape index (κ3) is 4.70. The number of anilines is 2. The largest absolute Gasteiger partial charge is 0.417 e. The molecule has 2 aromatic carbocycles. The molecule has 2 aromatic rings. The minimum atomic E-state index is -4.87. The summed E-state index contributed by atoms with van der Waals surface area (Å²) in [5.74, 6) is 0.0681. The van der Waals surface area contributed by atoms with Crippen molar-refractivity contribution in [2.24, 2.45) is 5.14 Å². The average molecular weight is 427 g/mol. The fourth-order valence-electron chi connectivity index (χ4n) is 3.29. The Balaban J connectivity index is 1.81. The fraction of sp³-hybridized carbons (Fsp3) is 0.316. The minimum absolute atomic E-state index is 0.0681. The number of halogens is 3. The van der Waals surface area contributed by atoms with Crippen LogP contribution in [0.2, 0.25) is 0 Å². The Morgan fingerprint density at radius 1 is 1.14 bits per heavy atom. The van der Waals surface area contributed by atoms with E-state index in [1.54, 1.807) is 36.1 Å². The summed E-state index contributed by atoms with van der Waals surface area (Å²) in [4.78, 5) is 12.5. The number of nitrogens with one attached hydrogen (secondary N) is 1. The summed E-state index contributed by atoms with van der Waals surface area (Å²) in [6.45, 7) is 2.43. The van der Waals surface area contributed by atoms with E-state index in [4.69, 9.17) is 5.14 Å². The molecule has 3 N–H and O–H groups in total. The highest BCUT2D eigenvalue weighted by Gasteiger charge is 2.36. The maximum absolute atomic E-state index is 13.3. The molecule has 0 aromatic heterocycles. The van der Waals surface area contributed by atoms with E-state index in [9.17, 15) is 26.4 Å². The molecule has 1 atom stereocenters. The Labute approximate surface area is 166 Å². The third-order valence-electron chi connectivity index (χ3n) is 4.75. The quantitative estimate of drug-likeness (QED) is 0.762. The number of nitrogens with two attached hydrogens (primary N) is 1. The minimum Gasteiger partial charge on any atom is -0.379 e. The Kier molecular flexibility index (Phi) is 5.59. The van der Waals surface area contributed by atoms with E-state index in [-0.39, 0.29) is 17.6 Å². The molecule has 3 rings (SSSR count). The summed E-state index contributed by atoms with van der Waals surface area (Å²) in [7, 11) is -4.51. The molecule has 1 fully saturated rings. The SMILES string of the molecule is CC(Nc1ccc(S(N)(=O)=O)c(C(F)(F)F)c1)c1ccc(N2CCCC2=O)cc1. The van der Waals surface area contributed by atoms with Crippen LogP contribution in [0.15, 0.2) is 47.4 Å². The number of alkyl halides is 3. The van der Waals surface area contributed by atoms with E-state index in [1.165, 1.54) is 6.07 Å². The van der Waals surface area contributed by atoms with Crippen LogP contribution in [0, 0.1) is 0 Å². The normalized spacial score (nSPS) is 16.2. The number of hydrogen-bond donors (Lipinski definition) is 2. The standard InChI is InChI=1S/C19H20F3N3O3S/c1-12(13-4-7-15(8-5-13)25-10-2-3-18(25)26)24-14-6-9-17(29(23,27)28)16(11-14)19(20,21)22/h4-9,11-12,24H,2-3,10H2,1H3,(H2,23,27,28). The van der Waals surface area contributed by atoms with Crippen LogP contribution in [0.4, 0.5) is 24.5 Å². The smallest absolute Gasteiger partial charge is 0.379 e. The monoisotopic (exact) mass is 427 g/mol. The van der Waals surface area contributed by atoms with Gasteiger partial charge in [0.1, 0.15) is 0 Å². The van der Waals surface area contributed by atoms with Crippen LogP contribution >= 0.6 is 0 Å². The molecule has 1 heterocycles. The van der Waals surface area contributed by atoms with Gasteiger partial charge in [0.05, 0.1) is 10.5 Å². The number of hydrogen-bond acceptors (Lipinski definition) is 4. The number of carbonyl (C=O) groups is 1. The molecular formula is C19H20F3N3O3S. The molecule has 156 valence electrons. The molecule has 0 bridgehead atoms. The molecule has 1 aliphatic heterocycles. The maximum atomic E-state index is 13.3. The van der Waals surface area contributed by atoms with Crippen molar-refractivity contribution in [2.75, 3.05) is 16.8 Å². The molecule has 6 nitrogen and oxygen atoms in total. The highest BCUT2D eigenvalue weighted by Crippen LogP contribution is 2.36. The zero-order valence-electron chi connectivity index (χ0n) is 15.5. The molecule has 0 radical (unpaired) electrons. The Bertz CT molecular complexity index is 1020. The lowest BCUT2D eigenvalue weighted by Gasteiger charge is -2.20. The van der Waals surface area contributed by atoms with Gasteiger partial charge in [-0.1, -0.05) is 12.1 Å². The van der Waals surface area contributed by atoms with Gasteiger partial charge in [-0.05, 0) is 49.2 Å². The Morgan fingerprint density at radius 2 is 1.79 bits per heavy atom. The van der Waals surface area contributed by atoms with Gasteiger partial charge in [-0.25, -0.2) is 13.6 Å². The zero-order chi connectivity index (χ0) is 21.4. The van der Waals surface area contributed by atoms with Crippen LogP contribution in [0.3, 0.4) is 0 Å². The number of benzene rings is 2. The van der Waals surface area contributed by atoms with Gasteiger partial charge in [0.2, 0.25) is 15.9 Å². The van der Waals surface area contributed by atoms with Crippen LogP contribution in [0.1, 0.15) is 36.9 Å². The van der Waals surface area contributed by atoms with Crippen molar-refractivity contribution in [2.45, 2.75) is 36.9 Å². The molecule has 1 amide bonds. The summed E-state index contributed by atoms with van der Waals surface area (Å²) >= 11 is 0. The van der Waals surface area contributed by atoms with E-state index in [0.717, 1.165) is 29.8 Å². The third-order valence-corrected chi connectivity index (χ3v) is 5.72. The molecule has 0 aliphatic carbocycles. The zero-order valence-corrected chi connectivity index (χ0v) is 16.3. The summed E-state index contributed by atoms with van der Waals surface area (Å²) in [6.07, 6.45) is -3.53. The van der Waals surface area contributed by atoms with Crippen LogP contribution in [-0.2, 0) is 21.0 Å². The topological polar surface area (TPSA) is 92.5 Å². The molecular weight excluding hydrogens is 407 g/mol. The van der Waals surface area contributed by atoms with Gasteiger partial charge >= 0.3 is 6.18 Å². The summed E-state index contributed by atoms with van der Waals surface area (Å²) in [5.41, 5.74) is 0.362. The van der Waals surface area contributed by atoms with E-state index < -0.39 is 26.7 Å². The fourth-order valence-corrected chi connectivity index (χ4v) is 4.03. The molecule has 10 heteroatoms. The van der Waals surface area contributed by atoms with Crippen molar-refractivity contribution in [3.05, 3.63) is 53.6 Å². The molecule has 1 unspecified atom stereocenters. The second kappa shape index (κ2) is 7.68. The number of amides is 1. The van der Waals surface area contributed by atoms with Gasteiger partial charge < -0.3 is 10.2 Å². The van der Waals surface area contributed by atoms with Gasteiger partial charge in [-0.15, -0.1) is 0 Å². The van der Waals surface area contributed by atoms with Gasteiger partial charge in [0.15, 0.2) is 0 Å². The Morgan fingerprint density at radius 3 is 2.31 bits per heavy atom. The molecule has 29 heavy (non-hydrogen) atoms. The number of carbonyl (C=O) groups excluding carboxylic acids is 1. The predicted molar refractivity (Wildman–Crippen MR) is 103 cm³/mol. The highest BCUT2D eigenvalue weighted by molar-refractivity contribution is 7.89. The van der Waals surface area contributed by atoms with E-state index >= 15 is 0 Å². The second-order valence-electron chi connectivity index (χ2n) is 6.86. The van der Waals surface area contributed by atoms with E-state index in [0.29, 0.717) is 13.0 Å². The summed E-state index contributed by atoms with van der Waals surface area (Å²) < 4.78 is 62.7. The number of primary sulfonamides is 1. The van der Waals surface area contributed by atoms with Crippen molar-refractivity contribution >= 4 is 27.3 Å². The molecule has 0 saturated carbocycles. The first-order valence-electron chi connectivity index (χ1n) is 8.88.